The standard InChI is InChI=1S/C11H11N3O5S/c15-7-2-1-6(10(19)12-7)14-4-3-8(16)13-11(14)20-5-9(17)18/h3-4,6H,1-2,5H2,(H,17,18)(H,12,15,19). The van der Waals surface area contributed by atoms with Crippen molar-refractivity contribution in [3.8, 4) is 0 Å². The maximum atomic E-state index is 11.8. The number of amides is 2. The first-order chi connectivity index (χ1) is 9.47. The van der Waals surface area contributed by atoms with Crippen LogP contribution in [-0.2, 0) is 14.4 Å². The maximum Gasteiger partial charge on any atom is 0.313 e. The second kappa shape index (κ2) is 5.87. The van der Waals surface area contributed by atoms with Gasteiger partial charge in [0.15, 0.2) is 5.16 Å². The van der Waals surface area contributed by atoms with Crippen molar-refractivity contribution in [3.05, 3.63) is 22.6 Å². The fourth-order valence-electron chi connectivity index (χ4n) is 1.81. The third-order valence-corrected chi connectivity index (χ3v) is 3.63. The van der Waals surface area contributed by atoms with Crippen LogP contribution in [0.1, 0.15) is 18.9 Å². The van der Waals surface area contributed by atoms with Gasteiger partial charge in [0.05, 0.1) is 5.75 Å². The first-order valence-corrected chi connectivity index (χ1v) is 6.73. The molecule has 9 heteroatoms. The Balaban J connectivity index is 2.30. The summed E-state index contributed by atoms with van der Waals surface area (Å²) in [6.07, 6.45) is 1.86. The number of aliphatic carboxylic acids is 1. The van der Waals surface area contributed by atoms with Crippen molar-refractivity contribution in [1.29, 1.82) is 0 Å². The molecule has 1 aromatic rings. The summed E-state index contributed by atoms with van der Waals surface area (Å²) < 4.78 is 1.43. The van der Waals surface area contributed by atoms with Crippen LogP contribution in [0.5, 0.6) is 0 Å². The van der Waals surface area contributed by atoms with Gasteiger partial charge in [-0.2, -0.15) is 4.98 Å². The molecule has 1 aliphatic rings. The Morgan fingerprint density at radius 1 is 1.50 bits per heavy atom. The van der Waals surface area contributed by atoms with E-state index in [4.69, 9.17) is 5.11 Å². The molecule has 1 aromatic heterocycles. The van der Waals surface area contributed by atoms with Crippen LogP contribution in [0.3, 0.4) is 0 Å². The van der Waals surface area contributed by atoms with Crippen molar-refractivity contribution in [2.45, 2.75) is 24.0 Å². The van der Waals surface area contributed by atoms with E-state index in [0.717, 1.165) is 11.8 Å². The topological polar surface area (TPSA) is 118 Å². The Labute approximate surface area is 117 Å². The van der Waals surface area contributed by atoms with Crippen molar-refractivity contribution < 1.29 is 19.5 Å². The highest BCUT2D eigenvalue weighted by molar-refractivity contribution is 7.99. The minimum atomic E-state index is -1.05. The van der Waals surface area contributed by atoms with Crippen molar-refractivity contribution in [2.75, 3.05) is 5.75 Å². The number of carbonyl (C=O) groups is 3. The van der Waals surface area contributed by atoms with Crippen LogP contribution in [-0.4, -0.2) is 38.2 Å². The normalized spacial score (nSPS) is 18.7. The predicted molar refractivity (Wildman–Crippen MR) is 68.3 cm³/mol. The molecule has 1 aliphatic heterocycles. The number of carbonyl (C=O) groups excluding carboxylic acids is 2. The number of carboxylic acids is 1. The van der Waals surface area contributed by atoms with Gasteiger partial charge in [0.25, 0.3) is 5.56 Å². The number of thioether (sulfide) groups is 1. The molecule has 2 amide bonds. The maximum absolute atomic E-state index is 11.8. The largest absolute Gasteiger partial charge is 0.481 e. The van der Waals surface area contributed by atoms with Crippen LogP contribution >= 0.6 is 11.8 Å². The van der Waals surface area contributed by atoms with Crippen LogP contribution in [0.15, 0.2) is 22.2 Å². The summed E-state index contributed by atoms with van der Waals surface area (Å²) in [4.78, 5) is 48.5. The van der Waals surface area contributed by atoms with E-state index in [2.05, 4.69) is 10.3 Å². The Morgan fingerprint density at radius 3 is 2.90 bits per heavy atom. The van der Waals surface area contributed by atoms with E-state index in [1.807, 2.05) is 0 Å². The first-order valence-electron chi connectivity index (χ1n) is 5.75. The first kappa shape index (κ1) is 14.3. The number of hydrogen-bond donors (Lipinski definition) is 2. The lowest BCUT2D eigenvalue weighted by Crippen LogP contribution is -2.42. The summed E-state index contributed by atoms with van der Waals surface area (Å²) in [6, 6.07) is 0.520. The van der Waals surface area contributed by atoms with E-state index < -0.39 is 23.5 Å². The van der Waals surface area contributed by atoms with Gasteiger partial charge in [0, 0.05) is 18.7 Å². The van der Waals surface area contributed by atoms with E-state index in [1.54, 1.807) is 0 Å². The molecule has 2 rings (SSSR count). The number of rotatable bonds is 4. The van der Waals surface area contributed by atoms with Crippen LogP contribution in [0.2, 0.25) is 0 Å². The average molecular weight is 297 g/mol. The number of nitrogens with zero attached hydrogens (tertiary/aromatic N) is 2. The Kier molecular flexibility index (Phi) is 4.18. The Morgan fingerprint density at radius 2 is 2.25 bits per heavy atom. The van der Waals surface area contributed by atoms with E-state index in [9.17, 15) is 19.2 Å². The number of nitrogens with one attached hydrogen (secondary N) is 1. The highest BCUT2D eigenvalue weighted by Crippen LogP contribution is 2.23. The molecule has 106 valence electrons. The van der Waals surface area contributed by atoms with Crippen LogP contribution in [0.4, 0.5) is 0 Å². The molecule has 0 saturated carbocycles. The number of hydrogen-bond acceptors (Lipinski definition) is 6. The van der Waals surface area contributed by atoms with Crippen molar-refractivity contribution >= 4 is 29.5 Å². The lowest BCUT2D eigenvalue weighted by atomic mass is 10.1. The summed E-state index contributed by atoms with van der Waals surface area (Å²) in [5, 5.41) is 11.0. The summed E-state index contributed by atoms with van der Waals surface area (Å²) in [5.41, 5.74) is -0.513. The van der Waals surface area contributed by atoms with E-state index in [1.165, 1.54) is 16.8 Å². The smallest absolute Gasteiger partial charge is 0.313 e. The minimum absolute atomic E-state index is 0.148. The molecule has 20 heavy (non-hydrogen) atoms. The van der Waals surface area contributed by atoms with Gasteiger partial charge in [-0.25, -0.2) is 0 Å². The molecule has 1 atom stereocenters. The number of aromatic nitrogens is 2. The van der Waals surface area contributed by atoms with Crippen molar-refractivity contribution in [2.24, 2.45) is 0 Å². The van der Waals surface area contributed by atoms with Gasteiger partial charge in [0.1, 0.15) is 6.04 Å². The molecule has 0 aliphatic carbocycles. The average Bonchev–Trinajstić information content (AvgIpc) is 2.37. The zero-order valence-corrected chi connectivity index (χ0v) is 11.1. The monoisotopic (exact) mass is 297 g/mol. The highest BCUT2D eigenvalue weighted by Gasteiger charge is 2.29. The SMILES string of the molecule is O=C(O)CSc1nc(=O)ccn1C1CCC(=O)NC1=O. The molecule has 0 bridgehead atoms. The third kappa shape index (κ3) is 3.23. The fourth-order valence-corrected chi connectivity index (χ4v) is 2.56. The molecule has 0 aromatic carbocycles. The number of piperidine rings is 1. The summed E-state index contributed by atoms with van der Waals surface area (Å²) in [5.74, 6) is -2.16. The van der Waals surface area contributed by atoms with E-state index >= 15 is 0 Å². The van der Waals surface area contributed by atoms with E-state index in [-0.39, 0.29) is 29.7 Å². The van der Waals surface area contributed by atoms with Gasteiger partial charge < -0.3 is 9.67 Å². The van der Waals surface area contributed by atoms with Gasteiger partial charge >= 0.3 is 5.97 Å². The fraction of sp³-hybridized carbons (Fsp3) is 0.364. The van der Waals surface area contributed by atoms with Crippen LogP contribution < -0.4 is 10.9 Å². The molecular formula is C11H11N3O5S. The second-order valence-corrected chi connectivity index (χ2v) is 5.05. The summed E-state index contributed by atoms with van der Waals surface area (Å²) >= 11 is 0.853. The second-order valence-electron chi connectivity index (χ2n) is 4.10. The molecule has 2 N–H and O–H groups in total. The summed E-state index contributed by atoms with van der Waals surface area (Å²) in [6.45, 7) is 0. The molecule has 0 radical (unpaired) electrons. The van der Waals surface area contributed by atoms with Gasteiger partial charge in [0.2, 0.25) is 11.8 Å². The molecule has 2 heterocycles. The van der Waals surface area contributed by atoms with Crippen LogP contribution in [0, 0.1) is 0 Å². The molecule has 8 nitrogen and oxygen atoms in total. The third-order valence-electron chi connectivity index (χ3n) is 2.68. The quantitative estimate of drug-likeness (QED) is 0.432. The number of carboxylic acid groups (broad SMARTS) is 1. The minimum Gasteiger partial charge on any atom is -0.481 e. The Bertz CT molecular complexity index is 627. The lowest BCUT2D eigenvalue weighted by Gasteiger charge is -2.24. The molecule has 1 fully saturated rings. The van der Waals surface area contributed by atoms with E-state index in [0.29, 0.717) is 0 Å². The predicted octanol–water partition coefficient (Wildman–Crippen LogP) is -0.602. The molecular weight excluding hydrogens is 286 g/mol. The molecule has 0 spiro atoms. The van der Waals surface area contributed by atoms with Gasteiger partial charge in [-0.1, -0.05) is 11.8 Å². The number of imide groups is 1. The van der Waals surface area contributed by atoms with Gasteiger partial charge in [-0.3, -0.25) is 24.5 Å². The lowest BCUT2D eigenvalue weighted by molar-refractivity contribution is -0.136. The van der Waals surface area contributed by atoms with Crippen molar-refractivity contribution in [1.82, 2.24) is 14.9 Å². The molecule has 1 saturated heterocycles. The zero-order chi connectivity index (χ0) is 14.7. The highest BCUT2D eigenvalue weighted by atomic mass is 32.2. The Hall–Kier alpha value is -2.16. The molecule has 1 unspecified atom stereocenters. The van der Waals surface area contributed by atoms with Crippen LogP contribution in [0.25, 0.3) is 0 Å². The van der Waals surface area contributed by atoms with Gasteiger partial charge in [-0.05, 0) is 6.42 Å². The van der Waals surface area contributed by atoms with Crippen molar-refractivity contribution in [3.63, 3.8) is 0 Å². The van der Waals surface area contributed by atoms with Gasteiger partial charge in [-0.15, -0.1) is 0 Å². The zero-order valence-electron chi connectivity index (χ0n) is 10.2. The summed E-state index contributed by atoms with van der Waals surface area (Å²) in [7, 11) is 0.